The lowest BCUT2D eigenvalue weighted by atomic mass is 10.0. The molecule has 5 nitrogen and oxygen atoms in total. The Labute approximate surface area is 141 Å². The Bertz CT molecular complexity index is 760. The Morgan fingerprint density at radius 3 is 2.96 bits per heavy atom. The first-order chi connectivity index (χ1) is 11.8. The molecule has 0 radical (unpaired) electrons. The number of rotatable bonds is 3. The predicted molar refractivity (Wildman–Crippen MR) is 91.8 cm³/mol. The van der Waals surface area contributed by atoms with Crippen LogP contribution >= 0.6 is 0 Å². The largest absolute Gasteiger partial charge is 0.454 e. The number of fused-ring (bicyclic) bond motifs is 2. The molecule has 5 heteroatoms. The van der Waals surface area contributed by atoms with Crippen LogP contribution in [0.4, 0.5) is 10.5 Å². The summed E-state index contributed by atoms with van der Waals surface area (Å²) in [6.07, 6.45) is 2.81. The fourth-order valence-electron chi connectivity index (χ4n) is 3.25. The molecule has 0 unspecified atom stereocenters. The lowest BCUT2D eigenvalue weighted by Crippen LogP contribution is -2.43. The van der Waals surface area contributed by atoms with Crippen LogP contribution < -0.4 is 19.7 Å². The molecular formula is C19H20N2O3. The van der Waals surface area contributed by atoms with Gasteiger partial charge in [0.15, 0.2) is 11.5 Å². The summed E-state index contributed by atoms with van der Waals surface area (Å²) in [5, 5.41) is 3.02. The molecule has 1 N–H and O–H groups in total. The first-order valence-electron chi connectivity index (χ1n) is 8.33. The first-order valence-corrected chi connectivity index (χ1v) is 8.33. The zero-order valence-electron chi connectivity index (χ0n) is 13.5. The van der Waals surface area contributed by atoms with Gasteiger partial charge in [0.1, 0.15) is 0 Å². The quantitative estimate of drug-likeness (QED) is 0.944. The summed E-state index contributed by atoms with van der Waals surface area (Å²) in [5.74, 6) is 1.57. The van der Waals surface area contributed by atoms with Crippen LogP contribution in [0.5, 0.6) is 11.5 Å². The van der Waals surface area contributed by atoms with Crippen molar-refractivity contribution >= 4 is 11.7 Å². The molecule has 2 aliphatic heterocycles. The van der Waals surface area contributed by atoms with Crippen LogP contribution in [0.15, 0.2) is 42.5 Å². The molecule has 4 rings (SSSR count). The van der Waals surface area contributed by atoms with E-state index in [1.165, 1.54) is 5.56 Å². The van der Waals surface area contributed by atoms with Gasteiger partial charge in [-0.15, -0.1) is 0 Å². The number of carbonyl (C=O) groups is 1. The van der Waals surface area contributed by atoms with E-state index in [-0.39, 0.29) is 12.8 Å². The number of anilines is 1. The van der Waals surface area contributed by atoms with Gasteiger partial charge in [-0.05, 0) is 48.6 Å². The van der Waals surface area contributed by atoms with Crippen molar-refractivity contribution in [1.82, 2.24) is 5.32 Å². The van der Waals surface area contributed by atoms with Gasteiger partial charge in [0.05, 0.1) is 0 Å². The van der Waals surface area contributed by atoms with E-state index in [0.717, 1.165) is 48.6 Å². The summed E-state index contributed by atoms with van der Waals surface area (Å²) in [5.41, 5.74) is 3.40. The van der Waals surface area contributed by atoms with E-state index < -0.39 is 0 Å². The highest BCUT2D eigenvalue weighted by atomic mass is 16.7. The minimum Gasteiger partial charge on any atom is -0.454 e. The molecule has 0 saturated heterocycles. The van der Waals surface area contributed by atoms with Crippen molar-refractivity contribution < 1.29 is 14.3 Å². The molecule has 0 saturated carbocycles. The summed E-state index contributed by atoms with van der Waals surface area (Å²) < 4.78 is 10.7. The molecule has 2 amide bonds. The summed E-state index contributed by atoms with van der Waals surface area (Å²) in [7, 11) is 0. The van der Waals surface area contributed by atoms with Gasteiger partial charge >= 0.3 is 6.03 Å². The van der Waals surface area contributed by atoms with Crippen LogP contribution in [0.1, 0.15) is 17.5 Å². The van der Waals surface area contributed by atoms with Gasteiger partial charge in [-0.25, -0.2) is 4.79 Å². The fraction of sp³-hybridized carbons (Fsp3) is 0.316. The van der Waals surface area contributed by atoms with Crippen LogP contribution in [0.2, 0.25) is 0 Å². The van der Waals surface area contributed by atoms with Gasteiger partial charge in [0, 0.05) is 18.8 Å². The Balaban J connectivity index is 1.36. The second-order valence-electron chi connectivity index (χ2n) is 6.05. The molecular weight excluding hydrogens is 304 g/mol. The summed E-state index contributed by atoms with van der Waals surface area (Å²) in [4.78, 5) is 14.4. The second kappa shape index (κ2) is 6.43. The maximum absolute atomic E-state index is 12.5. The molecule has 2 aliphatic rings. The number of nitrogens with one attached hydrogen (secondary N) is 1. The van der Waals surface area contributed by atoms with Crippen molar-refractivity contribution in [3.05, 3.63) is 53.6 Å². The van der Waals surface area contributed by atoms with E-state index in [1.54, 1.807) is 0 Å². The molecule has 0 fully saturated rings. The number of hydrogen-bond acceptors (Lipinski definition) is 3. The van der Waals surface area contributed by atoms with Crippen molar-refractivity contribution in [3.63, 3.8) is 0 Å². The minimum absolute atomic E-state index is 0.0251. The summed E-state index contributed by atoms with van der Waals surface area (Å²) >= 11 is 0. The number of urea groups is 1. The van der Waals surface area contributed by atoms with Crippen LogP contribution in [-0.4, -0.2) is 25.9 Å². The standard InChI is InChI=1S/C19H20N2O3/c22-19(21-11-3-5-15-4-1-2-6-16(15)21)20-10-9-14-7-8-17-18(12-14)24-13-23-17/h1-2,4,6-8,12H,3,5,9-11,13H2,(H,20,22). The van der Waals surface area contributed by atoms with E-state index in [1.807, 2.05) is 41.3 Å². The van der Waals surface area contributed by atoms with Crippen LogP contribution in [0.25, 0.3) is 0 Å². The lowest BCUT2D eigenvalue weighted by Gasteiger charge is -2.29. The second-order valence-corrected chi connectivity index (χ2v) is 6.05. The number of ether oxygens (including phenoxy) is 2. The van der Waals surface area contributed by atoms with Crippen LogP contribution in [-0.2, 0) is 12.8 Å². The molecule has 0 spiro atoms. The summed E-state index contributed by atoms with van der Waals surface area (Å²) in [6.45, 7) is 1.65. The SMILES string of the molecule is O=C(NCCc1ccc2c(c1)OCO2)N1CCCc2ccccc21. The van der Waals surface area contributed by atoms with Gasteiger partial charge < -0.3 is 14.8 Å². The minimum atomic E-state index is -0.0251. The van der Waals surface area contributed by atoms with Gasteiger partial charge in [-0.1, -0.05) is 24.3 Å². The van der Waals surface area contributed by atoms with Gasteiger partial charge in [0.25, 0.3) is 0 Å². The third kappa shape index (κ3) is 2.89. The van der Waals surface area contributed by atoms with Gasteiger partial charge in [0.2, 0.25) is 6.79 Å². The topological polar surface area (TPSA) is 50.8 Å². The number of amides is 2. The van der Waals surface area contributed by atoms with Crippen molar-refractivity contribution in [2.45, 2.75) is 19.3 Å². The highest BCUT2D eigenvalue weighted by molar-refractivity contribution is 5.93. The number of benzene rings is 2. The number of para-hydroxylation sites is 1. The molecule has 2 aromatic rings. The van der Waals surface area contributed by atoms with E-state index in [2.05, 4.69) is 11.4 Å². The first kappa shape index (κ1) is 14.9. The van der Waals surface area contributed by atoms with Crippen molar-refractivity contribution in [3.8, 4) is 11.5 Å². The molecule has 0 bridgehead atoms. The van der Waals surface area contributed by atoms with Crippen molar-refractivity contribution in [1.29, 1.82) is 0 Å². The normalized spacial score (nSPS) is 15.1. The average molecular weight is 324 g/mol. The molecule has 0 atom stereocenters. The van der Waals surface area contributed by atoms with Crippen molar-refractivity contribution in [2.24, 2.45) is 0 Å². The van der Waals surface area contributed by atoms with Gasteiger partial charge in [-0.2, -0.15) is 0 Å². The molecule has 2 heterocycles. The maximum atomic E-state index is 12.5. The Kier molecular flexibility index (Phi) is 3.99. The monoisotopic (exact) mass is 324 g/mol. The highest BCUT2D eigenvalue weighted by Crippen LogP contribution is 2.32. The third-order valence-corrected chi connectivity index (χ3v) is 4.48. The molecule has 124 valence electrons. The number of nitrogens with zero attached hydrogens (tertiary/aromatic N) is 1. The average Bonchev–Trinajstić information content (AvgIpc) is 3.09. The Morgan fingerprint density at radius 2 is 2.00 bits per heavy atom. The Morgan fingerprint density at radius 1 is 1.12 bits per heavy atom. The van der Waals surface area contributed by atoms with E-state index in [9.17, 15) is 4.79 Å². The van der Waals surface area contributed by atoms with E-state index >= 15 is 0 Å². The predicted octanol–water partition coefficient (Wildman–Crippen LogP) is 3.12. The third-order valence-electron chi connectivity index (χ3n) is 4.48. The maximum Gasteiger partial charge on any atom is 0.321 e. The van der Waals surface area contributed by atoms with Crippen molar-refractivity contribution in [2.75, 3.05) is 24.8 Å². The summed E-state index contributed by atoms with van der Waals surface area (Å²) in [6, 6.07) is 14.0. The fourth-order valence-corrected chi connectivity index (χ4v) is 3.25. The van der Waals surface area contributed by atoms with Crippen LogP contribution in [0.3, 0.4) is 0 Å². The highest BCUT2D eigenvalue weighted by Gasteiger charge is 2.21. The lowest BCUT2D eigenvalue weighted by molar-refractivity contribution is 0.174. The van der Waals surface area contributed by atoms with E-state index in [0.29, 0.717) is 6.54 Å². The molecule has 0 aromatic heterocycles. The van der Waals surface area contributed by atoms with E-state index in [4.69, 9.17) is 9.47 Å². The molecule has 24 heavy (non-hydrogen) atoms. The molecule has 0 aliphatic carbocycles. The number of carbonyl (C=O) groups excluding carboxylic acids is 1. The zero-order valence-corrected chi connectivity index (χ0v) is 13.5. The number of hydrogen-bond donors (Lipinski definition) is 1. The molecule has 2 aromatic carbocycles. The van der Waals surface area contributed by atoms with Gasteiger partial charge in [-0.3, -0.25) is 4.90 Å². The zero-order chi connectivity index (χ0) is 16.4. The smallest absolute Gasteiger partial charge is 0.321 e. The van der Waals surface area contributed by atoms with Crippen LogP contribution in [0, 0.1) is 0 Å². The Hall–Kier alpha value is -2.69. The number of aryl methyl sites for hydroxylation is 1.